The Labute approximate surface area is 158 Å². The number of hydrogen-bond acceptors (Lipinski definition) is 1. The fourth-order valence-electron chi connectivity index (χ4n) is 3.94. The molecule has 5 aromatic carbocycles. The first kappa shape index (κ1) is 15.7. The smallest absolute Gasteiger partial charge is 0.0473 e. The molecule has 0 saturated heterocycles. The normalized spacial score (nSPS) is 11.1. The van der Waals surface area contributed by atoms with E-state index in [1.54, 1.807) is 0 Å². The van der Waals surface area contributed by atoms with Gasteiger partial charge in [0.1, 0.15) is 0 Å². The van der Waals surface area contributed by atoms with Crippen LogP contribution in [0.25, 0.3) is 43.8 Å². The van der Waals surface area contributed by atoms with E-state index in [1.807, 2.05) is 12.1 Å². The first-order chi connectivity index (χ1) is 13.3. The quantitative estimate of drug-likeness (QED) is 0.346. The monoisotopic (exact) mass is 345 g/mol. The lowest BCUT2D eigenvalue weighted by Gasteiger charge is -2.15. The van der Waals surface area contributed by atoms with Gasteiger partial charge in [0, 0.05) is 16.6 Å². The van der Waals surface area contributed by atoms with Gasteiger partial charge in [-0.25, -0.2) is 0 Å². The summed E-state index contributed by atoms with van der Waals surface area (Å²) in [4.78, 5) is 0. The zero-order chi connectivity index (χ0) is 18.2. The molecule has 0 aliphatic carbocycles. The van der Waals surface area contributed by atoms with Crippen molar-refractivity contribution < 1.29 is 0 Å². The molecule has 128 valence electrons. The van der Waals surface area contributed by atoms with Crippen molar-refractivity contribution in [3.05, 3.63) is 103 Å². The highest BCUT2D eigenvalue weighted by Crippen LogP contribution is 2.40. The standard InChI is InChI=1S/C26H19N/c27-26-21-12-4-2-9-19(21)16-17-25(26)24-14-6-5-13-23(24)22-15-7-10-18-8-1-3-11-20(18)22/h1-17H,27H2. The first-order valence-corrected chi connectivity index (χ1v) is 9.18. The minimum absolute atomic E-state index is 0.834. The number of nitrogens with two attached hydrogens (primary N) is 1. The van der Waals surface area contributed by atoms with Gasteiger partial charge in [-0.05, 0) is 32.8 Å². The van der Waals surface area contributed by atoms with Crippen LogP contribution in [0.2, 0.25) is 0 Å². The lowest BCUT2D eigenvalue weighted by atomic mass is 9.90. The van der Waals surface area contributed by atoms with E-state index in [2.05, 4.69) is 91.0 Å². The second-order valence-corrected chi connectivity index (χ2v) is 6.82. The minimum Gasteiger partial charge on any atom is -0.398 e. The Kier molecular flexibility index (Phi) is 3.65. The Hall–Kier alpha value is -3.58. The molecule has 0 saturated carbocycles. The molecule has 0 amide bonds. The molecular weight excluding hydrogens is 326 g/mol. The first-order valence-electron chi connectivity index (χ1n) is 9.18. The van der Waals surface area contributed by atoms with Crippen molar-refractivity contribution in [2.75, 3.05) is 5.73 Å². The van der Waals surface area contributed by atoms with Crippen molar-refractivity contribution in [3.8, 4) is 22.3 Å². The van der Waals surface area contributed by atoms with Crippen molar-refractivity contribution >= 4 is 27.2 Å². The fraction of sp³-hybridized carbons (Fsp3) is 0. The SMILES string of the molecule is Nc1c(-c2ccccc2-c2cccc3ccccc23)ccc2ccccc12. The maximum Gasteiger partial charge on any atom is 0.0473 e. The number of hydrogen-bond donors (Lipinski definition) is 1. The zero-order valence-electron chi connectivity index (χ0n) is 14.9. The van der Waals surface area contributed by atoms with Crippen molar-refractivity contribution in [2.45, 2.75) is 0 Å². The number of fused-ring (bicyclic) bond motifs is 2. The van der Waals surface area contributed by atoms with Gasteiger partial charge in [-0.15, -0.1) is 0 Å². The van der Waals surface area contributed by atoms with E-state index >= 15 is 0 Å². The summed E-state index contributed by atoms with van der Waals surface area (Å²) in [5.74, 6) is 0. The van der Waals surface area contributed by atoms with Crippen LogP contribution in [0, 0.1) is 0 Å². The second-order valence-electron chi connectivity index (χ2n) is 6.82. The van der Waals surface area contributed by atoms with Crippen molar-refractivity contribution in [2.24, 2.45) is 0 Å². The highest BCUT2D eigenvalue weighted by Gasteiger charge is 2.13. The molecule has 0 bridgehead atoms. The number of benzene rings is 5. The summed E-state index contributed by atoms with van der Waals surface area (Å²) in [7, 11) is 0. The summed E-state index contributed by atoms with van der Waals surface area (Å²) in [5, 5.41) is 4.77. The minimum atomic E-state index is 0.834. The largest absolute Gasteiger partial charge is 0.398 e. The summed E-state index contributed by atoms with van der Waals surface area (Å²) in [5.41, 5.74) is 12.1. The molecule has 5 rings (SSSR count). The molecule has 0 atom stereocenters. The average molecular weight is 345 g/mol. The third-order valence-corrected chi connectivity index (χ3v) is 5.27. The maximum atomic E-state index is 6.61. The lowest BCUT2D eigenvalue weighted by molar-refractivity contribution is 1.61. The van der Waals surface area contributed by atoms with E-state index in [0.717, 1.165) is 22.2 Å². The Bertz CT molecular complexity index is 1280. The molecule has 0 radical (unpaired) electrons. The number of anilines is 1. The second kappa shape index (κ2) is 6.30. The van der Waals surface area contributed by atoms with E-state index in [4.69, 9.17) is 5.73 Å². The van der Waals surface area contributed by atoms with Gasteiger partial charge in [-0.2, -0.15) is 0 Å². The summed E-state index contributed by atoms with van der Waals surface area (Å²) in [6, 6.07) is 36.1. The van der Waals surface area contributed by atoms with Gasteiger partial charge in [-0.3, -0.25) is 0 Å². The van der Waals surface area contributed by atoms with Crippen molar-refractivity contribution in [3.63, 3.8) is 0 Å². The molecule has 0 heterocycles. The average Bonchev–Trinajstić information content (AvgIpc) is 2.74. The van der Waals surface area contributed by atoms with E-state index in [0.29, 0.717) is 0 Å². The number of nitrogen functional groups attached to an aromatic ring is 1. The van der Waals surface area contributed by atoms with Crippen LogP contribution in [0.4, 0.5) is 5.69 Å². The predicted molar refractivity (Wildman–Crippen MR) is 117 cm³/mol. The summed E-state index contributed by atoms with van der Waals surface area (Å²) >= 11 is 0. The molecule has 0 fully saturated rings. The molecule has 1 nitrogen and oxygen atoms in total. The summed E-state index contributed by atoms with van der Waals surface area (Å²) < 4.78 is 0. The van der Waals surface area contributed by atoms with Gasteiger partial charge in [0.15, 0.2) is 0 Å². The van der Waals surface area contributed by atoms with Gasteiger partial charge < -0.3 is 5.73 Å². The van der Waals surface area contributed by atoms with Crippen LogP contribution in [-0.4, -0.2) is 0 Å². The van der Waals surface area contributed by atoms with Crippen LogP contribution in [0.5, 0.6) is 0 Å². The topological polar surface area (TPSA) is 26.0 Å². The Morgan fingerprint density at radius 2 is 0.889 bits per heavy atom. The van der Waals surface area contributed by atoms with Crippen LogP contribution in [0.1, 0.15) is 0 Å². The summed E-state index contributed by atoms with van der Waals surface area (Å²) in [6.45, 7) is 0. The van der Waals surface area contributed by atoms with Gasteiger partial charge in [-0.1, -0.05) is 103 Å². The van der Waals surface area contributed by atoms with Gasteiger partial charge in [0.05, 0.1) is 0 Å². The van der Waals surface area contributed by atoms with E-state index in [9.17, 15) is 0 Å². The third-order valence-electron chi connectivity index (χ3n) is 5.27. The van der Waals surface area contributed by atoms with Crippen LogP contribution in [-0.2, 0) is 0 Å². The molecular formula is C26H19N. The summed E-state index contributed by atoms with van der Waals surface area (Å²) in [6.07, 6.45) is 0. The highest BCUT2D eigenvalue weighted by atomic mass is 14.6. The molecule has 1 heteroatoms. The van der Waals surface area contributed by atoms with E-state index in [-0.39, 0.29) is 0 Å². The van der Waals surface area contributed by atoms with Crippen molar-refractivity contribution in [1.29, 1.82) is 0 Å². The molecule has 0 unspecified atom stereocenters. The molecule has 0 aliphatic heterocycles. The zero-order valence-corrected chi connectivity index (χ0v) is 14.9. The third kappa shape index (κ3) is 2.56. The fourth-order valence-corrected chi connectivity index (χ4v) is 3.94. The molecule has 2 N–H and O–H groups in total. The van der Waals surface area contributed by atoms with Crippen LogP contribution in [0.15, 0.2) is 103 Å². The molecule has 0 aromatic heterocycles. The van der Waals surface area contributed by atoms with Crippen LogP contribution >= 0.6 is 0 Å². The molecule has 27 heavy (non-hydrogen) atoms. The highest BCUT2D eigenvalue weighted by molar-refractivity contribution is 6.05. The predicted octanol–water partition coefficient (Wildman–Crippen LogP) is 6.91. The van der Waals surface area contributed by atoms with E-state index < -0.39 is 0 Å². The number of rotatable bonds is 2. The lowest BCUT2D eigenvalue weighted by Crippen LogP contribution is -1.94. The van der Waals surface area contributed by atoms with E-state index in [1.165, 1.54) is 27.3 Å². The van der Waals surface area contributed by atoms with Gasteiger partial charge in [0.2, 0.25) is 0 Å². The Morgan fingerprint density at radius 1 is 0.370 bits per heavy atom. The molecule has 0 spiro atoms. The Morgan fingerprint density at radius 3 is 1.67 bits per heavy atom. The van der Waals surface area contributed by atoms with Gasteiger partial charge >= 0.3 is 0 Å². The molecule has 5 aromatic rings. The van der Waals surface area contributed by atoms with Crippen LogP contribution in [0.3, 0.4) is 0 Å². The molecule has 0 aliphatic rings. The maximum absolute atomic E-state index is 6.61. The Balaban J connectivity index is 1.80. The van der Waals surface area contributed by atoms with Crippen LogP contribution < -0.4 is 5.73 Å². The van der Waals surface area contributed by atoms with Crippen molar-refractivity contribution in [1.82, 2.24) is 0 Å². The van der Waals surface area contributed by atoms with Gasteiger partial charge in [0.25, 0.3) is 0 Å².